The molecular formula is C25H27N5OS. The standard InChI is InChI=1S/C25H27N5OS/c1-4-14-29-24(21-10-12-26-13-11-21)27-28-25(29)32-17-23(31)22-15-18(2)30(19(22)3)16-20-8-6-5-7-9-20/h5-13,15H,4,14,16-17H2,1-3H3. The molecule has 32 heavy (non-hydrogen) atoms. The van der Waals surface area contributed by atoms with E-state index in [0.29, 0.717) is 5.75 Å². The minimum Gasteiger partial charge on any atom is -0.344 e. The molecule has 7 heteroatoms. The maximum atomic E-state index is 13.1. The molecule has 0 radical (unpaired) electrons. The zero-order valence-corrected chi connectivity index (χ0v) is 19.5. The number of carbonyl (C=O) groups excluding carboxylic acids is 1. The topological polar surface area (TPSA) is 65.6 Å². The number of ketones is 1. The van der Waals surface area contributed by atoms with Gasteiger partial charge in [0.05, 0.1) is 5.75 Å². The molecule has 0 saturated carbocycles. The molecule has 1 aromatic carbocycles. The molecule has 6 nitrogen and oxygen atoms in total. The van der Waals surface area contributed by atoms with Crippen molar-refractivity contribution in [2.24, 2.45) is 0 Å². The normalized spacial score (nSPS) is 11.1. The molecule has 0 N–H and O–H groups in total. The lowest BCUT2D eigenvalue weighted by Crippen LogP contribution is -2.08. The van der Waals surface area contributed by atoms with Gasteiger partial charge in [-0.1, -0.05) is 49.0 Å². The molecule has 0 amide bonds. The van der Waals surface area contributed by atoms with Crippen LogP contribution in [-0.4, -0.2) is 35.9 Å². The van der Waals surface area contributed by atoms with Gasteiger partial charge in [-0.05, 0) is 44.0 Å². The van der Waals surface area contributed by atoms with Gasteiger partial charge in [-0.2, -0.15) is 0 Å². The number of thioether (sulfide) groups is 1. The average molecular weight is 446 g/mol. The van der Waals surface area contributed by atoms with Crippen LogP contribution in [0.1, 0.15) is 40.7 Å². The smallest absolute Gasteiger partial charge is 0.191 e. The third-order valence-corrected chi connectivity index (χ3v) is 6.46. The van der Waals surface area contributed by atoms with Crippen LogP contribution < -0.4 is 0 Å². The lowest BCUT2D eigenvalue weighted by Gasteiger charge is -2.10. The Hall–Kier alpha value is -3.19. The van der Waals surface area contributed by atoms with Gasteiger partial charge in [0.2, 0.25) is 0 Å². The van der Waals surface area contributed by atoms with E-state index < -0.39 is 0 Å². The maximum absolute atomic E-state index is 13.1. The summed E-state index contributed by atoms with van der Waals surface area (Å²) in [5, 5.41) is 9.53. The van der Waals surface area contributed by atoms with E-state index in [2.05, 4.69) is 50.3 Å². The Balaban J connectivity index is 1.51. The largest absolute Gasteiger partial charge is 0.344 e. The van der Waals surface area contributed by atoms with E-state index in [-0.39, 0.29) is 5.78 Å². The Morgan fingerprint density at radius 3 is 2.47 bits per heavy atom. The van der Waals surface area contributed by atoms with Crippen LogP contribution in [0.15, 0.2) is 66.1 Å². The highest BCUT2D eigenvalue weighted by atomic mass is 32.2. The van der Waals surface area contributed by atoms with Gasteiger partial charge in [0.15, 0.2) is 16.8 Å². The highest BCUT2D eigenvalue weighted by Gasteiger charge is 2.19. The summed E-state index contributed by atoms with van der Waals surface area (Å²) in [6.45, 7) is 7.76. The molecule has 164 valence electrons. The summed E-state index contributed by atoms with van der Waals surface area (Å²) in [6, 6.07) is 16.2. The predicted molar refractivity (Wildman–Crippen MR) is 128 cm³/mol. The van der Waals surface area contributed by atoms with Crippen LogP contribution >= 0.6 is 11.8 Å². The monoisotopic (exact) mass is 445 g/mol. The molecule has 0 saturated heterocycles. The third kappa shape index (κ3) is 4.67. The van der Waals surface area contributed by atoms with Gasteiger partial charge in [-0.3, -0.25) is 9.78 Å². The van der Waals surface area contributed by atoms with Gasteiger partial charge in [0.1, 0.15) is 0 Å². The molecule has 4 aromatic rings. The summed E-state index contributed by atoms with van der Waals surface area (Å²) in [4.78, 5) is 17.2. The molecule has 0 unspecified atom stereocenters. The molecule has 0 aliphatic carbocycles. The van der Waals surface area contributed by atoms with Crippen LogP contribution in [0.5, 0.6) is 0 Å². The molecule has 0 fully saturated rings. The second-order valence-electron chi connectivity index (χ2n) is 7.76. The van der Waals surface area contributed by atoms with E-state index in [1.165, 1.54) is 17.3 Å². The Morgan fingerprint density at radius 2 is 1.75 bits per heavy atom. The SMILES string of the molecule is CCCn1c(SCC(=O)c2cc(C)n(Cc3ccccc3)c2C)nnc1-c1ccncc1. The number of nitrogens with zero attached hydrogens (tertiary/aromatic N) is 5. The number of aromatic nitrogens is 5. The van der Waals surface area contributed by atoms with Crippen molar-refractivity contribution in [1.29, 1.82) is 0 Å². The fraction of sp³-hybridized carbons (Fsp3) is 0.280. The fourth-order valence-electron chi connectivity index (χ4n) is 3.84. The highest BCUT2D eigenvalue weighted by Crippen LogP contribution is 2.26. The van der Waals surface area contributed by atoms with Crippen molar-refractivity contribution in [2.75, 3.05) is 5.75 Å². The molecular weight excluding hydrogens is 418 g/mol. The lowest BCUT2D eigenvalue weighted by atomic mass is 10.2. The number of hydrogen-bond acceptors (Lipinski definition) is 5. The molecule has 0 spiro atoms. The Morgan fingerprint density at radius 1 is 1.00 bits per heavy atom. The number of benzene rings is 1. The van der Waals surface area contributed by atoms with Crippen molar-refractivity contribution in [1.82, 2.24) is 24.3 Å². The van der Waals surface area contributed by atoms with Crippen molar-refractivity contribution in [3.63, 3.8) is 0 Å². The van der Waals surface area contributed by atoms with E-state index in [1.54, 1.807) is 12.4 Å². The van der Waals surface area contributed by atoms with E-state index in [0.717, 1.165) is 53.0 Å². The lowest BCUT2D eigenvalue weighted by molar-refractivity contribution is 0.102. The zero-order valence-electron chi connectivity index (χ0n) is 18.7. The Labute approximate surface area is 192 Å². The van der Waals surface area contributed by atoms with Gasteiger partial charge < -0.3 is 9.13 Å². The fourth-order valence-corrected chi connectivity index (χ4v) is 4.68. The summed E-state index contributed by atoms with van der Waals surface area (Å²) in [5.41, 5.74) is 5.07. The first-order chi connectivity index (χ1) is 15.6. The number of hydrogen-bond donors (Lipinski definition) is 0. The van der Waals surface area contributed by atoms with E-state index in [4.69, 9.17) is 0 Å². The van der Waals surface area contributed by atoms with Crippen molar-refractivity contribution < 1.29 is 4.79 Å². The highest BCUT2D eigenvalue weighted by molar-refractivity contribution is 7.99. The maximum Gasteiger partial charge on any atom is 0.191 e. The van der Waals surface area contributed by atoms with Gasteiger partial charge in [0.25, 0.3) is 0 Å². The van der Waals surface area contributed by atoms with Crippen LogP contribution in [0.2, 0.25) is 0 Å². The van der Waals surface area contributed by atoms with Crippen LogP contribution in [0.25, 0.3) is 11.4 Å². The van der Waals surface area contributed by atoms with Crippen molar-refractivity contribution >= 4 is 17.5 Å². The van der Waals surface area contributed by atoms with Crippen molar-refractivity contribution in [2.45, 2.75) is 45.4 Å². The molecule has 3 heterocycles. The summed E-state index contributed by atoms with van der Waals surface area (Å²) in [5.74, 6) is 1.25. The number of aryl methyl sites for hydroxylation is 1. The zero-order chi connectivity index (χ0) is 22.5. The molecule has 0 bridgehead atoms. The predicted octanol–water partition coefficient (Wildman–Crippen LogP) is 5.19. The van der Waals surface area contributed by atoms with Crippen LogP contribution in [0.3, 0.4) is 0 Å². The van der Waals surface area contributed by atoms with Gasteiger partial charge in [-0.15, -0.1) is 10.2 Å². The first-order valence-corrected chi connectivity index (χ1v) is 11.8. The molecule has 3 aromatic heterocycles. The first kappa shape index (κ1) is 22.0. The number of rotatable bonds is 9. The number of carbonyl (C=O) groups is 1. The molecule has 0 atom stereocenters. The summed E-state index contributed by atoms with van der Waals surface area (Å²) >= 11 is 1.45. The third-order valence-electron chi connectivity index (χ3n) is 5.49. The minimum atomic E-state index is 0.110. The quantitative estimate of drug-likeness (QED) is 0.262. The Bertz CT molecular complexity index is 1200. The average Bonchev–Trinajstić information content (AvgIpc) is 3.35. The van der Waals surface area contributed by atoms with Crippen molar-refractivity contribution in [3.05, 3.63) is 83.4 Å². The van der Waals surface area contributed by atoms with Crippen LogP contribution in [0.4, 0.5) is 0 Å². The van der Waals surface area contributed by atoms with E-state index >= 15 is 0 Å². The number of Topliss-reactive ketones (excluding diaryl/α,β-unsaturated/α-hetero) is 1. The van der Waals surface area contributed by atoms with E-state index in [1.807, 2.05) is 43.3 Å². The molecule has 0 aliphatic rings. The van der Waals surface area contributed by atoms with Crippen LogP contribution in [-0.2, 0) is 13.1 Å². The van der Waals surface area contributed by atoms with Crippen LogP contribution in [0, 0.1) is 13.8 Å². The Kier molecular flexibility index (Phi) is 6.85. The van der Waals surface area contributed by atoms with Crippen molar-refractivity contribution in [3.8, 4) is 11.4 Å². The summed E-state index contributed by atoms with van der Waals surface area (Å²) in [6.07, 6.45) is 4.46. The van der Waals surface area contributed by atoms with Gasteiger partial charge in [-0.25, -0.2) is 0 Å². The minimum absolute atomic E-state index is 0.110. The van der Waals surface area contributed by atoms with E-state index in [9.17, 15) is 4.79 Å². The molecule has 0 aliphatic heterocycles. The second kappa shape index (κ2) is 9.96. The second-order valence-corrected chi connectivity index (χ2v) is 8.70. The summed E-state index contributed by atoms with van der Waals surface area (Å²) in [7, 11) is 0. The summed E-state index contributed by atoms with van der Waals surface area (Å²) < 4.78 is 4.29. The number of pyridine rings is 1. The molecule has 4 rings (SSSR count). The first-order valence-electron chi connectivity index (χ1n) is 10.8. The van der Waals surface area contributed by atoms with Gasteiger partial charge >= 0.3 is 0 Å². The van der Waals surface area contributed by atoms with Gasteiger partial charge in [0, 0.05) is 48.0 Å².